The molecule has 1 fully saturated rings. The topological polar surface area (TPSA) is 63.1 Å². The van der Waals surface area contributed by atoms with Gasteiger partial charge in [-0.25, -0.2) is 0 Å². The molecular weight excluding hydrogens is 358 g/mol. The Morgan fingerprint density at radius 3 is 2.93 bits per heavy atom. The Balaban J connectivity index is 1.23. The van der Waals surface area contributed by atoms with Crippen LogP contribution < -0.4 is 5.32 Å². The number of nitrogens with zero attached hydrogens (tertiary/aromatic N) is 4. The van der Waals surface area contributed by atoms with Crippen LogP contribution in [0.2, 0.25) is 0 Å². The molecule has 1 N–H and O–H groups in total. The molecule has 0 bridgehead atoms. The predicted molar refractivity (Wildman–Crippen MR) is 105 cm³/mol. The third-order valence-corrected chi connectivity index (χ3v) is 6.52. The zero-order valence-corrected chi connectivity index (χ0v) is 16.0. The molecule has 5 rings (SSSR count). The molecule has 3 aromatic rings. The van der Waals surface area contributed by atoms with Crippen molar-refractivity contribution >= 4 is 27.3 Å². The van der Waals surface area contributed by atoms with Crippen LogP contribution in [0, 0.1) is 5.92 Å². The highest BCUT2D eigenvalue weighted by atomic mass is 32.1. The van der Waals surface area contributed by atoms with Crippen LogP contribution in [0.3, 0.4) is 0 Å². The average molecular weight is 382 g/mol. The summed E-state index contributed by atoms with van der Waals surface area (Å²) < 4.78 is 3.55. The van der Waals surface area contributed by atoms with Gasteiger partial charge < -0.3 is 9.88 Å². The van der Waals surface area contributed by atoms with Gasteiger partial charge in [0.1, 0.15) is 5.82 Å². The Kier molecular flexibility index (Phi) is 4.41. The van der Waals surface area contributed by atoms with Crippen molar-refractivity contribution in [3.8, 4) is 0 Å². The number of rotatable bonds is 5. The van der Waals surface area contributed by atoms with Crippen molar-refractivity contribution in [2.45, 2.75) is 38.9 Å². The van der Waals surface area contributed by atoms with E-state index in [1.165, 1.54) is 15.0 Å². The van der Waals surface area contributed by atoms with Gasteiger partial charge in [-0.3, -0.25) is 9.69 Å². The lowest BCUT2D eigenvalue weighted by Crippen LogP contribution is -2.28. The number of aromatic nitrogens is 3. The van der Waals surface area contributed by atoms with Gasteiger partial charge in [-0.05, 0) is 30.4 Å². The van der Waals surface area contributed by atoms with Crippen molar-refractivity contribution in [3.63, 3.8) is 0 Å². The number of benzene rings is 1. The number of hydrogen-bond acceptors (Lipinski definition) is 5. The summed E-state index contributed by atoms with van der Waals surface area (Å²) >= 11 is 1.88. The second-order valence-electron chi connectivity index (χ2n) is 7.45. The van der Waals surface area contributed by atoms with Crippen LogP contribution >= 0.6 is 11.3 Å². The number of thiophene rings is 1. The number of hydrogen-bond donors (Lipinski definition) is 1. The third kappa shape index (κ3) is 3.61. The maximum atomic E-state index is 11.9. The molecule has 140 valence electrons. The average Bonchev–Trinajstić information content (AvgIpc) is 3.38. The highest BCUT2D eigenvalue weighted by Gasteiger charge is 2.29. The van der Waals surface area contributed by atoms with Gasteiger partial charge >= 0.3 is 0 Å². The fraction of sp³-hybridized carbons (Fsp3) is 0.450. The summed E-state index contributed by atoms with van der Waals surface area (Å²) in [5.74, 6) is 2.30. The summed E-state index contributed by atoms with van der Waals surface area (Å²) in [6.45, 7) is 4.30. The molecule has 2 aliphatic rings. The Morgan fingerprint density at radius 2 is 2.07 bits per heavy atom. The third-order valence-electron chi connectivity index (χ3n) is 5.42. The van der Waals surface area contributed by atoms with Crippen LogP contribution in [-0.4, -0.2) is 38.7 Å². The van der Waals surface area contributed by atoms with Crippen LogP contribution in [0.1, 0.15) is 29.4 Å². The van der Waals surface area contributed by atoms with Crippen molar-refractivity contribution < 1.29 is 4.79 Å². The lowest BCUT2D eigenvalue weighted by atomic mass is 10.2. The molecule has 7 heteroatoms. The molecule has 0 atom stereocenters. The summed E-state index contributed by atoms with van der Waals surface area (Å²) in [7, 11) is 0. The van der Waals surface area contributed by atoms with E-state index in [2.05, 4.69) is 55.3 Å². The minimum atomic E-state index is 0.160. The van der Waals surface area contributed by atoms with E-state index in [0.29, 0.717) is 6.54 Å². The highest BCUT2D eigenvalue weighted by Crippen LogP contribution is 2.29. The van der Waals surface area contributed by atoms with E-state index >= 15 is 0 Å². The molecule has 27 heavy (non-hydrogen) atoms. The molecular formula is C20H23N5OS. The molecule has 3 heterocycles. The van der Waals surface area contributed by atoms with Crippen molar-refractivity contribution in [3.05, 3.63) is 46.9 Å². The summed E-state index contributed by atoms with van der Waals surface area (Å²) in [5.41, 5.74) is 0. The first kappa shape index (κ1) is 16.9. The Bertz CT molecular complexity index is 941. The summed E-state index contributed by atoms with van der Waals surface area (Å²) in [5, 5.41) is 13.0. The smallest absolute Gasteiger partial charge is 0.223 e. The van der Waals surface area contributed by atoms with Crippen molar-refractivity contribution in [2.75, 3.05) is 13.1 Å². The second kappa shape index (κ2) is 7.05. The van der Waals surface area contributed by atoms with Crippen LogP contribution in [0.15, 0.2) is 30.3 Å². The number of nitrogens with one attached hydrogen (secondary N) is 1. The molecule has 1 aliphatic heterocycles. The maximum absolute atomic E-state index is 11.9. The molecule has 2 aromatic heterocycles. The molecule has 6 nitrogen and oxygen atoms in total. The van der Waals surface area contributed by atoms with Gasteiger partial charge in [-0.2, -0.15) is 0 Å². The van der Waals surface area contributed by atoms with Crippen LogP contribution in [0.25, 0.3) is 10.1 Å². The number of amides is 1. The van der Waals surface area contributed by atoms with E-state index in [1.54, 1.807) is 0 Å². The number of carbonyl (C=O) groups excluding carboxylic acids is 1. The minimum absolute atomic E-state index is 0.160. The SMILES string of the molecule is O=C(NCc1nnc2n1CCN(Cc1cc3ccccc3s1)CC2)C1CC1. The maximum Gasteiger partial charge on any atom is 0.223 e. The molecule has 0 spiro atoms. The van der Waals surface area contributed by atoms with Gasteiger partial charge in [0.05, 0.1) is 6.54 Å². The van der Waals surface area contributed by atoms with Gasteiger partial charge in [0.15, 0.2) is 5.82 Å². The standard InChI is InChI=1S/C20H23N5OS/c26-20(14-5-6-14)21-12-19-23-22-18-7-8-24(9-10-25(18)19)13-16-11-15-3-1-2-4-17(15)27-16/h1-4,11,14H,5-10,12-13H2,(H,21,26). The second-order valence-corrected chi connectivity index (χ2v) is 8.62. The van der Waals surface area contributed by atoms with E-state index in [-0.39, 0.29) is 11.8 Å². The van der Waals surface area contributed by atoms with E-state index in [0.717, 1.165) is 57.1 Å². The molecule has 0 unspecified atom stereocenters. The molecule has 0 radical (unpaired) electrons. The van der Waals surface area contributed by atoms with Gasteiger partial charge in [0.2, 0.25) is 5.91 Å². The van der Waals surface area contributed by atoms with Gasteiger partial charge in [0, 0.05) is 48.1 Å². The van der Waals surface area contributed by atoms with Gasteiger partial charge in [0.25, 0.3) is 0 Å². The zero-order valence-electron chi connectivity index (χ0n) is 15.2. The predicted octanol–water partition coefficient (Wildman–Crippen LogP) is 2.58. The number of carbonyl (C=O) groups is 1. The van der Waals surface area contributed by atoms with Crippen LogP contribution in [0.5, 0.6) is 0 Å². The Labute approximate surface area is 162 Å². The van der Waals surface area contributed by atoms with E-state index in [4.69, 9.17) is 0 Å². The first-order valence-electron chi connectivity index (χ1n) is 9.65. The summed E-state index contributed by atoms with van der Waals surface area (Å²) in [6, 6.07) is 10.9. The fourth-order valence-corrected chi connectivity index (χ4v) is 4.81. The molecule has 1 aromatic carbocycles. The summed E-state index contributed by atoms with van der Waals surface area (Å²) in [4.78, 5) is 15.8. The van der Waals surface area contributed by atoms with Crippen LogP contribution in [0.4, 0.5) is 0 Å². The van der Waals surface area contributed by atoms with Crippen molar-refractivity contribution in [1.29, 1.82) is 0 Å². The lowest BCUT2D eigenvalue weighted by molar-refractivity contribution is -0.122. The molecule has 1 saturated carbocycles. The highest BCUT2D eigenvalue weighted by molar-refractivity contribution is 7.19. The fourth-order valence-electron chi connectivity index (χ4n) is 3.71. The molecule has 0 saturated heterocycles. The van der Waals surface area contributed by atoms with Gasteiger partial charge in [-0.1, -0.05) is 18.2 Å². The van der Waals surface area contributed by atoms with E-state index < -0.39 is 0 Å². The van der Waals surface area contributed by atoms with Crippen LogP contribution in [-0.2, 0) is 30.8 Å². The Hall–Kier alpha value is -2.25. The van der Waals surface area contributed by atoms with Crippen molar-refractivity contribution in [1.82, 2.24) is 25.0 Å². The first-order valence-corrected chi connectivity index (χ1v) is 10.5. The molecule has 1 aliphatic carbocycles. The largest absolute Gasteiger partial charge is 0.349 e. The normalized spacial score (nSPS) is 17.6. The zero-order chi connectivity index (χ0) is 18.2. The van der Waals surface area contributed by atoms with Crippen molar-refractivity contribution in [2.24, 2.45) is 5.92 Å². The first-order chi connectivity index (χ1) is 13.3. The number of fused-ring (bicyclic) bond motifs is 2. The van der Waals surface area contributed by atoms with E-state index in [1.807, 2.05) is 11.3 Å². The van der Waals surface area contributed by atoms with E-state index in [9.17, 15) is 4.79 Å². The van der Waals surface area contributed by atoms with Gasteiger partial charge in [-0.15, -0.1) is 21.5 Å². The monoisotopic (exact) mass is 381 g/mol. The molecule has 1 amide bonds. The Morgan fingerprint density at radius 1 is 1.19 bits per heavy atom. The lowest BCUT2D eigenvalue weighted by Gasteiger charge is -2.18. The quantitative estimate of drug-likeness (QED) is 0.738. The minimum Gasteiger partial charge on any atom is -0.349 e. The summed E-state index contributed by atoms with van der Waals surface area (Å²) in [6.07, 6.45) is 2.95.